The summed E-state index contributed by atoms with van der Waals surface area (Å²) >= 11 is 1.63. The van der Waals surface area contributed by atoms with Crippen LogP contribution in [0.2, 0.25) is 0 Å². The minimum absolute atomic E-state index is 0.215. The van der Waals surface area contributed by atoms with Gasteiger partial charge in [0.1, 0.15) is 0 Å². The monoisotopic (exact) mass is 199 g/mol. The highest BCUT2D eigenvalue weighted by Gasteiger charge is 2.10. The fraction of sp³-hybridized carbons (Fsp3) is 0.667. The van der Waals surface area contributed by atoms with E-state index in [9.17, 15) is 0 Å². The molecular formula is C9H17N3S. The first kappa shape index (κ1) is 10.5. The van der Waals surface area contributed by atoms with Gasteiger partial charge in [-0.3, -0.25) is 0 Å². The van der Waals surface area contributed by atoms with E-state index in [1.165, 1.54) is 0 Å². The Balaban J connectivity index is 2.53. The normalized spacial score (nSPS) is 13.3. The Morgan fingerprint density at radius 3 is 2.77 bits per heavy atom. The summed E-state index contributed by atoms with van der Waals surface area (Å²) in [6, 6.07) is 0.215. The second kappa shape index (κ2) is 4.58. The average molecular weight is 199 g/mol. The van der Waals surface area contributed by atoms with Gasteiger partial charge in [-0.15, -0.1) is 11.3 Å². The second-order valence-corrected chi connectivity index (χ2v) is 4.36. The lowest BCUT2D eigenvalue weighted by atomic mass is 10.0. The van der Waals surface area contributed by atoms with Gasteiger partial charge in [-0.25, -0.2) is 4.98 Å². The van der Waals surface area contributed by atoms with Gasteiger partial charge < -0.3 is 11.1 Å². The number of nitrogens with zero attached hydrogens (tertiary/aromatic N) is 1. The highest BCUT2D eigenvalue weighted by Crippen LogP contribution is 2.16. The predicted octanol–water partition coefficient (Wildman–Crippen LogP) is 1.71. The van der Waals surface area contributed by atoms with Crippen molar-refractivity contribution in [2.75, 3.05) is 12.4 Å². The molecule has 3 nitrogen and oxygen atoms in total. The number of nitrogens with one attached hydrogen (secondary N) is 1. The van der Waals surface area contributed by atoms with Crippen molar-refractivity contribution >= 4 is 16.5 Å². The SMILES string of the molecule is CNc1nc(CC(N)C(C)C)cs1. The summed E-state index contributed by atoms with van der Waals surface area (Å²) in [4.78, 5) is 4.38. The minimum atomic E-state index is 0.215. The summed E-state index contributed by atoms with van der Waals surface area (Å²) < 4.78 is 0. The van der Waals surface area contributed by atoms with Crippen LogP contribution in [0.25, 0.3) is 0 Å². The molecule has 0 aliphatic rings. The number of aromatic nitrogens is 1. The molecule has 1 rings (SSSR count). The molecule has 0 aromatic carbocycles. The van der Waals surface area contributed by atoms with Gasteiger partial charge >= 0.3 is 0 Å². The van der Waals surface area contributed by atoms with Crippen LogP contribution in [-0.2, 0) is 6.42 Å². The largest absolute Gasteiger partial charge is 0.365 e. The maximum absolute atomic E-state index is 5.94. The molecule has 0 amide bonds. The van der Waals surface area contributed by atoms with Gasteiger partial charge in [0, 0.05) is 24.9 Å². The highest BCUT2D eigenvalue weighted by atomic mass is 32.1. The summed E-state index contributed by atoms with van der Waals surface area (Å²) in [5.41, 5.74) is 7.04. The van der Waals surface area contributed by atoms with E-state index < -0.39 is 0 Å². The second-order valence-electron chi connectivity index (χ2n) is 3.51. The maximum atomic E-state index is 5.94. The third kappa shape index (κ3) is 2.97. The van der Waals surface area contributed by atoms with Crippen LogP contribution in [0.3, 0.4) is 0 Å². The number of thiazole rings is 1. The number of anilines is 1. The Bertz CT molecular complexity index is 257. The molecule has 74 valence electrons. The Morgan fingerprint density at radius 2 is 2.31 bits per heavy atom. The van der Waals surface area contributed by atoms with Crippen molar-refractivity contribution < 1.29 is 0 Å². The van der Waals surface area contributed by atoms with Gasteiger partial charge in [0.05, 0.1) is 5.69 Å². The number of nitrogens with two attached hydrogens (primary N) is 1. The van der Waals surface area contributed by atoms with Crippen LogP contribution in [0.4, 0.5) is 5.13 Å². The lowest BCUT2D eigenvalue weighted by molar-refractivity contribution is 0.487. The maximum Gasteiger partial charge on any atom is 0.182 e. The van der Waals surface area contributed by atoms with Gasteiger partial charge in [0.15, 0.2) is 5.13 Å². The molecule has 4 heteroatoms. The van der Waals surface area contributed by atoms with E-state index in [4.69, 9.17) is 5.73 Å². The molecule has 1 aromatic heterocycles. The third-order valence-corrected chi connectivity index (χ3v) is 2.98. The third-order valence-electron chi connectivity index (χ3n) is 2.07. The Kier molecular flexibility index (Phi) is 3.69. The number of rotatable bonds is 4. The molecule has 1 aromatic rings. The zero-order valence-electron chi connectivity index (χ0n) is 8.37. The van der Waals surface area contributed by atoms with E-state index in [2.05, 4.69) is 29.5 Å². The summed E-state index contributed by atoms with van der Waals surface area (Å²) in [7, 11) is 1.88. The number of hydrogen-bond acceptors (Lipinski definition) is 4. The minimum Gasteiger partial charge on any atom is -0.365 e. The molecule has 0 aliphatic heterocycles. The quantitative estimate of drug-likeness (QED) is 0.776. The molecule has 0 fully saturated rings. The van der Waals surface area contributed by atoms with Crippen molar-refractivity contribution in [3.63, 3.8) is 0 Å². The Morgan fingerprint density at radius 1 is 1.62 bits per heavy atom. The van der Waals surface area contributed by atoms with Gasteiger partial charge in [-0.2, -0.15) is 0 Å². The van der Waals surface area contributed by atoms with Crippen molar-refractivity contribution in [3.05, 3.63) is 11.1 Å². The van der Waals surface area contributed by atoms with Crippen LogP contribution in [0.5, 0.6) is 0 Å². The van der Waals surface area contributed by atoms with Gasteiger partial charge in [0.2, 0.25) is 0 Å². The summed E-state index contributed by atoms with van der Waals surface area (Å²) in [6.07, 6.45) is 0.871. The number of hydrogen-bond donors (Lipinski definition) is 2. The molecule has 1 atom stereocenters. The summed E-state index contributed by atoms with van der Waals surface area (Å²) in [5.74, 6) is 0.514. The lowest BCUT2D eigenvalue weighted by Gasteiger charge is -2.13. The first-order valence-electron chi connectivity index (χ1n) is 4.51. The van der Waals surface area contributed by atoms with Crippen LogP contribution in [0.15, 0.2) is 5.38 Å². The Hall–Kier alpha value is -0.610. The molecule has 0 spiro atoms. The first-order chi connectivity index (χ1) is 6.13. The first-order valence-corrected chi connectivity index (χ1v) is 5.39. The van der Waals surface area contributed by atoms with Crippen LogP contribution in [0.1, 0.15) is 19.5 Å². The molecule has 0 saturated carbocycles. The van der Waals surface area contributed by atoms with E-state index in [1.54, 1.807) is 11.3 Å². The van der Waals surface area contributed by atoms with Crippen molar-refractivity contribution in [2.24, 2.45) is 11.7 Å². The van der Waals surface area contributed by atoms with Crippen LogP contribution in [0, 0.1) is 5.92 Å². The van der Waals surface area contributed by atoms with Gasteiger partial charge in [-0.1, -0.05) is 13.8 Å². The molecule has 13 heavy (non-hydrogen) atoms. The summed E-state index contributed by atoms with van der Waals surface area (Å²) in [5, 5.41) is 6.04. The summed E-state index contributed by atoms with van der Waals surface area (Å²) in [6.45, 7) is 4.27. The Labute approximate surface area is 83.4 Å². The zero-order valence-corrected chi connectivity index (χ0v) is 9.19. The fourth-order valence-electron chi connectivity index (χ4n) is 0.993. The molecule has 0 aliphatic carbocycles. The van der Waals surface area contributed by atoms with E-state index in [-0.39, 0.29) is 6.04 Å². The van der Waals surface area contributed by atoms with E-state index >= 15 is 0 Å². The standard InChI is InChI=1S/C9H17N3S/c1-6(2)8(10)4-7-5-13-9(11-3)12-7/h5-6,8H,4,10H2,1-3H3,(H,11,12). The van der Waals surface area contributed by atoms with Gasteiger partial charge in [-0.05, 0) is 5.92 Å². The molecule has 1 unspecified atom stereocenters. The highest BCUT2D eigenvalue weighted by molar-refractivity contribution is 7.13. The lowest BCUT2D eigenvalue weighted by Crippen LogP contribution is -2.28. The van der Waals surface area contributed by atoms with Crippen molar-refractivity contribution in [3.8, 4) is 0 Å². The van der Waals surface area contributed by atoms with E-state index in [0.29, 0.717) is 5.92 Å². The van der Waals surface area contributed by atoms with E-state index in [0.717, 1.165) is 17.2 Å². The molecule has 0 saturated heterocycles. The van der Waals surface area contributed by atoms with Crippen LogP contribution in [-0.4, -0.2) is 18.1 Å². The topological polar surface area (TPSA) is 50.9 Å². The average Bonchev–Trinajstić information content (AvgIpc) is 2.52. The molecule has 0 bridgehead atoms. The molecule has 0 radical (unpaired) electrons. The predicted molar refractivity (Wildman–Crippen MR) is 58.2 cm³/mol. The fourth-order valence-corrected chi connectivity index (χ4v) is 1.68. The van der Waals surface area contributed by atoms with Crippen molar-refractivity contribution in [2.45, 2.75) is 26.3 Å². The zero-order chi connectivity index (χ0) is 9.84. The molecular weight excluding hydrogens is 182 g/mol. The smallest absolute Gasteiger partial charge is 0.182 e. The van der Waals surface area contributed by atoms with Crippen LogP contribution >= 0.6 is 11.3 Å². The molecule has 3 N–H and O–H groups in total. The molecule has 1 heterocycles. The van der Waals surface area contributed by atoms with Gasteiger partial charge in [0.25, 0.3) is 0 Å². The van der Waals surface area contributed by atoms with Crippen molar-refractivity contribution in [1.82, 2.24) is 4.98 Å². The van der Waals surface area contributed by atoms with E-state index in [1.807, 2.05) is 7.05 Å². The van der Waals surface area contributed by atoms with Crippen LogP contribution < -0.4 is 11.1 Å². The van der Waals surface area contributed by atoms with Crippen molar-refractivity contribution in [1.29, 1.82) is 0 Å².